The molecular formula is C15H32N4. The van der Waals surface area contributed by atoms with Gasteiger partial charge in [-0.15, -0.1) is 0 Å². The van der Waals surface area contributed by atoms with Crippen molar-refractivity contribution in [3.05, 3.63) is 0 Å². The first kappa shape index (κ1) is 16.3. The number of nitrogens with one attached hydrogen (secondary N) is 2. The number of rotatable bonds is 5. The van der Waals surface area contributed by atoms with Crippen LogP contribution in [0.3, 0.4) is 0 Å². The number of nitrogens with zero attached hydrogens (tertiary/aromatic N) is 2. The molecule has 0 radical (unpaired) electrons. The van der Waals surface area contributed by atoms with Gasteiger partial charge in [-0.3, -0.25) is 9.89 Å². The Balaban J connectivity index is 2.33. The normalized spacial score (nSPS) is 24.9. The summed E-state index contributed by atoms with van der Waals surface area (Å²) in [5.41, 5.74) is 0. The predicted octanol–water partition coefficient (Wildman–Crippen LogP) is 2.07. The van der Waals surface area contributed by atoms with Crippen LogP contribution in [-0.4, -0.2) is 49.6 Å². The summed E-state index contributed by atoms with van der Waals surface area (Å²) < 4.78 is 0. The van der Waals surface area contributed by atoms with Crippen molar-refractivity contribution in [1.29, 1.82) is 0 Å². The first-order valence-electron chi connectivity index (χ1n) is 7.78. The smallest absolute Gasteiger partial charge is 0.191 e. The lowest BCUT2D eigenvalue weighted by atomic mass is 9.99. The lowest BCUT2D eigenvalue weighted by Gasteiger charge is -2.35. The van der Waals surface area contributed by atoms with E-state index in [4.69, 9.17) is 0 Å². The van der Waals surface area contributed by atoms with Gasteiger partial charge in [0.05, 0.1) is 0 Å². The fourth-order valence-electron chi connectivity index (χ4n) is 2.53. The van der Waals surface area contributed by atoms with Gasteiger partial charge in [0.2, 0.25) is 0 Å². The minimum Gasteiger partial charge on any atom is -0.355 e. The van der Waals surface area contributed by atoms with E-state index in [1.54, 1.807) is 0 Å². The molecule has 0 aromatic rings. The predicted molar refractivity (Wildman–Crippen MR) is 83.7 cm³/mol. The van der Waals surface area contributed by atoms with Gasteiger partial charge in [-0.25, -0.2) is 0 Å². The summed E-state index contributed by atoms with van der Waals surface area (Å²) >= 11 is 0. The van der Waals surface area contributed by atoms with E-state index in [9.17, 15) is 0 Å². The van der Waals surface area contributed by atoms with Gasteiger partial charge in [-0.2, -0.15) is 0 Å². The first-order valence-corrected chi connectivity index (χ1v) is 7.78. The van der Waals surface area contributed by atoms with Gasteiger partial charge in [0, 0.05) is 32.2 Å². The molecule has 1 rings (SSSR count). The minimum atomic E-state index is 0.469. The molecule has 0 spiro atoms. The molecule has 0 aliphatic carbocycles. The molecule has 4 heteroatoms. The summed E-state index contributed by atoms with van der Waals surface area (Å²) in [6.45, 7) is 12.5. The van der Waals surface area contributed by atoms with Gasteiger partial charge in [0.1, 0.15) is 0 Å². The van der Waals surface area contributed by atoms with Crippen molar-refractivity contribution in [2.75, 3.05) is 26.7 Å². The van der Waals surface area contributed by atoms with E-state index < -0.39 is 0 Å². The third-order valence-electron chi connectivity index (χ3n) is 4.10. The van der Waals surface area contributed by atoms with Crippen LogP contribution in [0.1, 0.15) is 47.0 Å². The second kappa shape index (κ2) is 8.41. The third kappa shape index (κ3) is 5.81. The third-order valence-corrected chi connectivity index (χ3v) is 4.10. The maximum absolute atomic E-state index is 4.28. The minimum absolute atomic E-state index is 0.469. The number of likely N-dealkylation sites (tertiary alicyclic amines) is 1. The molecule has 0 saturated carbocycles. The number of hydrogen-bond donors (Lipinski definition) is 2. The molecule has 1 aliphatic rings. The van der Waals surface area contributed by atoms with E-state index >= 15 is 0 Å². The zero-order valence-corrected chi connectivity index (χ0v) is 13.4. The molecule has 0 amide bonds. The molecule has 1 aliphatic heterocycles. The Bertz CT molecular complexity index is 277. The monoisotopic (exact) mass is 268 g/mol. The van der Waals surface area contributed by atoms with Crippen LogP contribution < -0.4 is 10.6 Å². The molecule has 1 heterocycles. The van der Waals surface area contributed by atoms with Gasteiger partial charge in [-0.1, -0.05) is 13.8 Å². The van der Waals surface area contributed by atoms with Gasteiger partial charge in [0.25, 0.3) is 0 Å². The highest BCUT2D eigenvalue weighted by atomic mass is 15.2. The Morgan fingerprint density at radius 3 is 2.74 bits per heavy atom. The molecule has 19 heavy (non-hydrogen) atoms. The molecule has 3 atom stereocenters. The Kier molecular flexibility index (Phi) is 7.21. The summed E-state index contributed by atoms with van der Waals surface area (Å²) in [5.74, 6) is 1.76. The van der Waals surface area contributed by atoms with Crippen molar-refractivity contribution in [2.45, 2.75) is 59.0 Å². The molecule has 1 fully saturated rings. The second-order valence-electron chi connectivity index (χ2n) is 6.00. The van der Waals surface area contributed by atoms with Crippen molar-refractivity contribution in [3.63, 3.8) is 0 Å². The summed E-state index contributed by atoms with van der Waals surface area (Å²) in [4.78, 5) is 6.88. The highest BCUT2D eigenvalue weighted by Gasteiger charge is 2.20. The van der Waals surface area contributed by atoms with Crippen LogP contribution in [-0.2, 0) is 0 Å². The number of hydrogen-bond acceptors (Lipinski definition) is 2. The summed E-state index contributed by atoms with van der Waals surface area (Å²) in [7, 11) is 1.84. The SMILES string of the molecule is CCC(C)NC(=NC)NCC(C)N1CCCC(C)C1. The van der Waals surface area contributed by atoms with Gasteiger partial charge in [-0.05, 0) is 45.6 Å². The van der Waals surface area contributed by atoms with E-state index in [1.165, 1.54) is 25.9 Å². The molecule has 2 N–H and O–H groups in total. The van der Waals surface area contributed by atoms with E-state index in [-0.39, 0.29) is 0 Å². The van der Waals surface area contributed by atoms with Gasteiger partial charge in [0.15, 0.2) is 5.96 Å². The lowest BCUT2D eigenvalue weighted by molar-refractivity contribution is 0.139. The van der Waals surface area contributed by atoms with Crippen LogP contribution in [0, 0.1) is 5.92 Å². The molecule has 1 saturated heterocycles. The summed E-state index contributed by atoms with van der Waals surface area (Å²) in [6.07, 6.45) is 3.83. The average molecular weight is 268 g/mol. The van der Waals surface area contributed by atoms with Crippen molar-refractivity contribution >= 4 is 5.96 Å². The number of guanidine groups is 1. The molecule has 3 unspecified atom stereocenters. The van der Waals surface area contributed by atoms with Gasteiger partial charge >= 0.3 is 0 Å². The zero-order chi connectivity index (χ0) is 14.3. The van der Waals surface area contributed by atoms with E-state index in [0.717, 1.165) is 24.8 Å². The molecule has 0 bridgehead atoms. The lowest BCUT2D eigenvalue weighted by Crippen LogP contribution is -2.49. The zero-order valence-electron chi connectivity index (χ0n) is 13.4. The van der Waals surface area contributed by atoms with Crippen LogP contribution in [0.15, 0.2) is 4.99 Å². The van der Waals surface area contributed by atoms with Crippen LogP contribution in [0.4, 0.5) is 0 Å². The van der Waals surface area contributed by atoms with Crippen LogP contribution in [0.5, 0.6) is 0 Å². The first-order chi connectivity index (χ1) is 9.06. The number of piperidine rings is 1. The molecule has 112 valence electrons. The Hall–Kier alpha value is -0.770. The molecule has 0 aromatic carbocycles. The van der Waals surface area contributed by atoms with Gasteiger partial charge < -0.3 is 10.6 Å². The topological polar surface area (TPSA) is 39.7 Å². The van der Waals surface area contributed by atoms with E-state index in [1.807, 2.05) is 7.05 Å². The maximum atomic E-state index is 4.28. The molecular weight excluding hydrogens is 236 g/mol. The maximum Gasteiger partial charge on any atom is 0.191 e. The molecule has 0 aromatic heterocycles. The Labute approximate surface area is 119 Å². The van der Waals surface area contributed by atoms with Crippen LogP contribution >= 0.6 is 0 Å². The second-order valence-corrected chi connectivity index (χ2v) is 6.00. The number of aliphatic imine (C=N–C) groups is 1. The van der Waals surface area contributed by atoms with E-state index in [0.29, 0.717) is 12.1 Å². The van der Waals surface area contributed by atoms with E-state index in [2.05, 4.69) is 48.2 Å². The van der Waals surface area contributed by atoms with Crippen molar-refractivity contribution in [3.8, 4) is 0 Å². The standard InChI is InChI=1S/C15H32N4/c1-6-13(3)18-15(16-5)17-10-14(4)19-9-7-8-12(2)11-19/h12-14H,6-11H2,1-5H3,(H2,16,17,18). The van der Waals surface area contributed by atoms with Crippen molar-refractivity contribution < 1.29 is 0 Å². The van der Waals surface area contributed by atoms with Crippen molar-refractivity contribution in [2.24, 2.45) is 10.9 Å². The fourth-order valence-corrected chi connectivity index (χ4v) is 2.53. The highest BCUT2D eigenvalue weighted by molar-refractivity contribution is 5.79. The molecule has 4 nitrogen and oxygen atoms in total. The average Bonchev–Trinajstić information content (AvgIpc) is 2.42. The van der Waals surface area contributed by atoms with Crippen molar-refractivity contribution in [1.82, 2.24) is 15.5 Å². The Morgan fingerprint density at radius 2 is 2.16 bits per heavy atom. The Morgan fingerprint density at radius 1 is 1.42 bits per heavy atom. The summed E-state index contributed by atoms with van der Waals surface area (Å²) in [5, 5.41) is 6.85. The summed E-state index contributed by atoms with van der Waals surface area (Å²) in [6, 6.07) is 1.04. The van der Waals surface area contributed by atoms with Crippen LogP contribution in [0.25, 0.3) is 0 Å². The quantitative estimate of drug-likeness (QED) is 0.592. The van der Waals surface area contributed by atoms with Crippen LogP contribution in [0.2, 0.25) is 0 Å². The fraction of sp³-hybridized carbons (Fsp3) is 0.933. The largest absolute Gasteiger partial charge is 0.355 e. The highest BCUT2D eigenvalue weighted by Crippen LogP contribution is 2.17.